The summed E-state index contributed by atoms with van der Waals surface area (Å²) in [7, 11) is -3.27. The monoisotopic (exact) mass is 495 g/mol. The van der Waals surface area contributed by atoms with E-state index in [2.05, 4.69) is 5.32 Å². The Bertz CT molecular complexity index is 1100. The average Bonchev–Trinajstić information content (AvgIpc) is 3.16. The van der Waals surface area contributed by atoms with E-state index < -0.39 is 45.7 Å². The summed E-state index contributed by atoms with van der Waals surface area (Å²) >= 11 is 0. The number of carbonyl (C=O) groups is 4. The minimum absolute atomic E-state index is 0.0575. The van der Waals surface area contributed by atoms with Gasteiger partial charge in [0.2, 0.25) is 5.91 Å². The van der Waals surface area contributed by atoms with Crippen molar-refractivity contribution in [2.45, 2.75) is 45.6 Å². The minimum Gasteiger partial charge on any atom is -0.490 e. The number of hydrogen-bond acceptors (Lipinski definition) is 8. The lowest BCUT2D eigenvalue weighted by atomic mass is 10.0. The number of nitrogens with one attached hydrogen (secondary N) is 1. The van der Waals surface area contributed by atoms with Gasteiger partial charge in [0.1, 0.15) is 6.54 Å². The van der Waals surface area contributed by atoms with Crippen molar-refractivity contribution in [1.29, 1.82) is 0 Å². The topological polar surface area (TPSA) is 139 Å². The van der Waals surface area contributed by atoms with E-state index >= 15 is 0 Å². The lowest BCUT2D eigenvalue weighted by Gasteiger charge is -2.25. The molecule has 1 aromatic rings. The lowest BCUT2D eigenvalue weighted by molar-refractivity contribution is -0.140. The number of ether oxygens (including phenoxy) is 2. The van der Waals surface area contributed by atoms with Gasteiger partial charge in [-0.15, -0.1) is 0 Å². The number of amides is 5. The van der Waals surface area contributed by atoms with Gasteiger partial charge in [0.15, 0.2) is 21.3 Å². The minimum atomic E-state index is -3.27. The molecule has 0 bridgehead atoms. The van der Waals surface area contributed by atoms with Crippen LogP contribution in [0.25, 0.3) is 0 Å². The van der Waals surface area contributed by atoms with Crippen molar-refractivity contribution < 1.29 is 37.1 Å². The third-order valence-electron chi connectivity index (χ3n) is 5.41. The maximum atomic E-state index is 12.9. The number of carbonyl (C=O) groups excluding carboxylic acids is 4. The number of sulfone groups is 1. The van der Waals surface area contributed by atoms with Gasteiger partial charge in [-0.2, -0.15) is 0 Å². The summed E-state index contributed by atoms with van der Waals surface area (Å²) in [6.07, 6.45) is 1.72. The van der Waals surface area contributed by atoms with E-state index in [-0.39, 0.29) is 23.6 Å². The van der Waals surface area contributed by atoms with Crippen molar-refractivity contribution in [1.82, 2.24) is 10.2 Å². The normalized spacial score (nSPS) is 21.8. The van der Waals surface area contributed by atoms with Crippen molar-refractivity contribution in [2.24, 2.45) is 0 Å². The summed E-state index contributed by atoms with van der Waals surface area (Å²) in [5.41, 5.74) is -0.888. The molecular formula is C22H29N3O8S. The average molecular weight is 496 g/mol. The molecule has 0 spiro atoms. The van der Waals surface area contributed by atoms with Crippen LogP contribution in [0.15, 0.2) is 18.2 Å². The molecule has 11 nitrogen and oxygen atoms in total. The van der Waals surface area contributed by atoms with Crippen molar-refractivity contribution in [3.05, 3.63) is 18.2 Å². The fraction of sp³-hybridized carbons (Fsp3) is 0.545. The second-order valence-corrected chi connectivity index (χ2v) is 10.8. The molecule has 5 amide bonds. The highest BCUT2D eigenvalue weighted by Crippen LogP contribution is 2.34. The fourth-order valence-corrected chi connectivity index (χ4v) is 5.89. The maximum Gasteiger partial charge on any atom is 0.339 e. The first-order chi connectivity index (χ1) is 16.0. The highest BCUT2D eigenvalue weighted by Gasteiger charge is 2.47. The molecule has 1 N–H and O–H groups in total. The van der Waals surface area contributed by atoms with Crippen LogP contribution in [0.3, 0.4) is 0 Å². The second-order valence-electron chi connectivity index (χ2n) is 8.59. The van der Waals surface area contributed by atoms with Crippen LogP contribution in [0.5, 0.6) is 11.5 Å². The van der Waals surface area contributed by atoms with Crippen molar-refractivity contribution in [3.8, 4) is 11.5 Å². The van der Waals surface area contributed by atoms with Gasteiger partial charge in [0.05, 0.1) is 35.9 Å². The van der Waals surface area contributed by atoms with Gasteiger partial charge in [-0.3, -0.25) is 14.4 Å². The molecule has 0 radical (unpaired) electrons. The molecule has 2 aliphatic heterocycles. The van der Waals surface area contributed by atoms with Crippen molar-refractivity contribution >= 4 is 39.3 Å². The van der Waals surface area contributed by atoms with Crippen LogP contribution in [0.4, 0.5) is 10.5 Å². The Morgan fingerprint density at radius 1 is 1.06 bits per heavy atom. The smallest absolute Gasteiger partial charge is 0.339 e. The molecule has 0 aromatic heterocycles. The largest absolute Gasteiger partial charge is 0.490 e. The number of hydrogen-bond donors (Lipinski definition) is 1. The highest BCUT2D eigenvalue weighted by molar-refractivity contribution is 7.91. The molecule has 0 unspecified atom stereocenters. The number of benzene rings is 1. The standard InChI is InChI=1S/C22H29N3O8S/c1-4-9-32-16-7-6-15(12-17(16)33-10-5-2)25-20(28)19(27)24(21(25)29)13-18(26)23-22(3)8-11-34(30,31)14-22/h6-7,12H,4-5,8-11,13-14H2,1-3H3,(H,23,26)/t22-/m1/s1. The SMILES string of the molecule is CCCOc1ccc(N2C(=O)C(=O)N(CC(=O)N[C@]3(C)CCS(=O)(=O)C3)C2=O)cc1OCCC. The Morgan fingerprint density at radius 2 is 1.71 bits per heavy atom. The fourth-order valence-electron chi connectivity index (χ4n) is 3.79. The number of nitrogens with zero attached hydrogens (tertiary/aromatic N) is 2. The first-order valence-corrected chi connectivity index (χ1v) is 12.9. The molecule has 34 heavy (non-hydrogen) atoms. The van der Waals surface area contributed by atoms with Gasteiger partial charge in [0.25, 0.3) is 0 Å². The number of urea groups is 1. The van der Waals surface area contributed by atoms with E-state index in [1.54, 1.807) is 13.0 Å². The summed E-state index contributed by atoms with van der Waals surface area (Å²) in [5.74, 6) is -2.49. The van der Waals surface area contributed by atoms with Crippen LogP contribution in [0, 0.1) is 0 Å². The Labute approximate surface area is 198 Å². The van der Waals surface area contributed by atoms with E-state index in [0.29, 0.717) is 34.5 Å². The van der Waals surface area contributed by atoms with E-state index in [1.165, 1.54) is 12.1 Å². The zero-order valence-corrected chi connectivity index (χ0v) is 20.3. The first kappa shape index (κ1) is 25.5. The summed E-state index contributed by atoms with van der Waals surface area (Å²) in [6.45, 7) is 5.59. The molecule has 3 rings (SSSR count). The number of anilines is 1. The molecular weight excluding hydrogens is 466 g/mol. The van der Waals surface area contributed by atoms with E-state index in [9.17, 15) is 27.6 Å². The molecule has 1 atom stereocenters. The zero-order chi connectivity index (χ0) is 25.1. The number of imide groups is 2. The van der Waals surface area contributed by atoms with Gasteiger partial charge in [0, 0.05) is 6.07 Å². The van der Waals surface area contributed by atoms with Gasteiger partial charge in [-0.1, -0.05) is 13.8 Å². The quantitative estimate of drug-likeness (QED) is 0.378. The Morgan fingerprint density at radius 3 is 2.29 bits per heavy atom. The third-order valence-corrected chi connectivity index (χ3v) is 7.31. The van der Waals surface area contributed by atoms with Crippen molar-refractivity contribution in [3.63, 3.8) is 0 Å². The van der Waals surface area contributed by atoms with Crippen LogP contribution >= 0.6 is 0 Å². The van der Waals surface area contributed by atoms with Crippen LogP contribution in [0.1, 0.15) is 40.0 Å². The van der Waals surface area contributed by atoms with Crippen LogP contribution in [-0.4, -0.2) is 73.9 Å². The summed E-state index contributed by atoms with van der Waals surface area (Å²) < 4.78 is 34.8. The Hall–Kier alpha value is -3.15. The molecule has 2 saturated heterocycles. The van der Waals surface area contributed by atoms with Gasteiger partial charge in [-0.05, 0) is 38.3 Å². The van der Waals surface area contributed by atoms with Crippen LogP contribution in [-0.2, 0) is 24.2 Å². The third kappa shape index (κ3) is 5.49. The summed E-state index contributed by atoms with van der Waals surface area (Å²) in [4.78, 5) is 51.8. The Kier molecular flexibility index (Phi) is 7.49. The van der Waals surface area contributed by atoms with Gasteiger partial charge in [-0.25, -0.2) is 23.0 Å². The molecule has 12 heteroatoms. The molecule has 186 valence electrons. The Balaban J connectivity index is 1.77. The van der Waals surface area contributed by atoms with E-state index in [4.69, 9.17) is 9.47 Å². The lowest BCUT2D eigenvalue weighted by Crippen LogP contribution is -2.51. The molecule has 0 saturated carbocycles. The van der Waals surface area contributed by atoms with Crippen LogP contribution in [0.2, 0.25) is 0 Å². The molecule has 2 fully saturated rings. The van der Waals surface area contributed by atoms with Crippen LogP contribution < -0.4 is 19.7 Å². The van der Waals surface area contributed by atoms with E-state index in [0.717, 1.165) is 12.8 Å². The highest BCUT2D eigenvalue weighted by atomic mass is 32.2. The van der Waals surface area contributed by atoms with Gasteiger partial charge >= 0.3 is 17.8 Å². The summed E-state index contributed by atoms with van der Waals surface area (Å²) in [5, 5.41) is 2.58. The molecule has 2 aliphatic rings. The molecule has 2 heterocycles. The molecule has 0 aliphatic carbocycles. The predicted molar refractivity (Wildman–Crippen MR) is 122 cm³/mol. The second kappa shape index (κ2) is 10.00. The van der Waals surface area contributed by atoms with E-state index in [1.807, 2.05) is 13.8 Å². The summed E-state index contributed by atoms with van der Waals surface area (Å²) in [6, 6.07) is 3.48. The zero-order valence-electron chi connectivity index (χ0n) is 19.5. The number of rotatable bonds is 10. The van der Waals surface area contributed by atoms with Gasteiger partial charge < -0.3 is 14.8 Å². The van der Waals surface area contributed by atoms with Crippen molar-refractivity contribution in [2.75, 3.05) is 36.2 Å². The first-order valence-electron chi connectivity index (χ1n) is 11.1. The predicted octanol–water partition coefficient (Wildman–Crippen LogP) is 1.25. The maximum absolute atomic E-state index is 12.9. The molecule has 1 aromatic carbocycles.